The summed E-state index contributed by atoms with van der Waals surface area (Å²) in [7, 11) is -1.04. The van der Waals surface area contributed by atoms with Crippen LogP contribution in [0.1, 0.15) is 12.8 Å². The van der Waals surface area contributed by atoms with Gasteiger partial charge in [-0.1, -0.05) is 0 Å². The third kappa shape index (κ3) is 2.86. The number of pyridine rings is 1. The van der Waals surface area contributed by atoms with Gasteiger partial charge in [-0.25, -0.2) is 17.7 Å². The average Bonchev–Trinajstić information content (AvgIpc) is 2.96. The van der Waals surface area contributed by atoms with Crippen molar-refractivity contribution in [2.75, 3.05) is 30.7 Å². The van der Waals surface area contributed by atoms with Crippen LogP contribution in [0.4, 0.5) is 5.95 Å². The number of aromatic nitrogens is 3. The van der Waals surface area contributed by atoms with E-state index in [0.29, 0.717) is 19.6 Å². The Kier molecular flexibility index (Phi) is 3.81. The molecule has 8 heteroatoms. The number of hydrogen-bond acceptors (Lipinski definition) is 5. The Labute approximate surface area is 124 Å². The first-order valence-corrected chi connectivity index (χ1v) is 8.67. The third-order valence-corrected chi connectivity index (χ3v) is 5.71. The maximum absolute atomic E-state index is 11.7. The lowest BCUT2D eigenvalue weighted by Gasteiger charge is -2.14. The zero-order valence-electron chi connectivity index (χ0n) is 12.0. The van der Waals surface area contributed by atoms with E-state index in [0.717, 1.165) is 29.8 Å². The molecule has 1 saturated heterocycles. The van der Waals surface area contributed by atoms with Gasteiger partial charge in [-0.3, -0.25) is 4.98 Å². The highest BCUT2D eigenvalue weighted by Gasteiger charge is 2.27. The van der Waals surface area contributed by atoms with E-state index >= 15 is 0 Å². The Morgan fingerprint density at radius 1 is 1.43 bits per heavy atom. The van der Waals surface area contributed by atoms with Gasteiger partial charge in [0.1, 0.15) is 5.52 Å². The number of nitrogens with one attached hydrogen (secondary N) is 1. The van der Waals surface area contributed by atoms with Gasteiger partial charge in [-0.2, -0.15) is 0 Å². The lowest BCUT2D eigenvalue weighted by atomic mass is 10.4. The van der Waals surface area contributed by atoms with Gasteiger partial charge in [-0.15, -0.1) is 0 Å². The number of hydrogen-bond donors (Lipinski definition) is 1. The summed E-state index contributed by atoms with van der Waals surface area (Å²) in [6.45, 7) is 1.91. The molecule has 3 rings (SSSR count). The van der Waals surface area contributed by atoms with Crippen LogP contribution in [0.25, 0.3) is 11.0 Å². The van der Waals surface area contributed by atoms with E-state index in [2.05, 4.69) is 15.3 Å². The molecular formula is C13H19N5O2S. The molecule has 21 heavy (non-hydrogen) atoms. The van der Waals surface area contributed by atoms with Crippen molar-refractivity contribution in [2.24, 2.45) is 7.05 Å². The standard InChI is InChI=1S/C13H19N5O2S/c1-17-12-4-6-14-10-11(12)16-13(17)15-5-2-7-18-8-3-9-21(18,19)20/h4,6,10H,2-3,5,7-9H2,1H3,(H,15,16). The second-order valence-corrected chi connectivity index (χ2v) is 7.30. The lowest BCUT2D eigenvalue weighted by molar-refractivity contribution is 0.440. The predicted octanol–water partition coefficient (Wildman–Crippen LogP) is 0.806. The Hall–Kier alpha value is -1.67. The van der Waals surface area contributed by atoms with Crippen LogP contribution in [0, 0.1) is 0 Å². The van der Waals surface area contributed by atoms with Crippen molar-refractivity contribution in [1.29, 1.82) is 0 Å². The van der Waals surface area contributed by atoms with Crippen LogP contribution < -0.4 is 5.32 Å². The summed E-state index contributed by atoms with van der Waals surface area (Å²) in [5, 5.41) is 3.26. The van der Waals surface area contributed by atoms with Crippen LogP contribution in [0.15, 0.2) is 18.5 Å². The molecule has 0 bridgehead atoms. The zero-order chi connectivity index (χ0) is 14.9. The van der Waals surface area contributed by atoms with Crippen LogP contribution >= 0.6 is 0 Å². The minimum atomic E-state index is -2.98. The molecule has 0 radical (unpaired) electrons. The van der Waals surface area contributed by atoms with Crippen molar-refractivity contribution in [1.82, 2.24) is 18.8 Å². The number of imidazole rings is 1. The number of rotatable bonds is 5. The van der Waals surface area contributed by atoms with E-state index in [9.17, 15) is 8.42 Å². The van der Waals surface area contributed by atoms with Gasteiger partial charge in [0.2, 0.25) is 16.0 Å². The molecule has 0 saturated carbocycles. The van der Waals surface area contributed by atoms with Crippen molar-refractivity contribution < 1.29 is 8.42 Å². The van der Waals surface area contributed by atoms with E-state index in [1.54, 1.807) is 16.7 Å². The molecule has 0 atom stereocenters. The van der Waals surface area contributed by atoms with Crippen molar-refractivity contribution in [2.45, 2.75) is 12.8 Å². The van der Waals surface area contributed by atoms with Crippen LogP contribution in [-0.4, -0.2) is 52.6 Å². The molecule has 1 aliphatic heterocycles. The molecule has 7 nitrogen and oxygen atoms in total. The first-order chi connectivity index (χ1) is 10.1. The first-order valence-electron chi connectivity index (χ1n) is 7.06. The normalized spacial score (nSPS) is 18.3. The molecule has 114 valence electrons. The number of aryl methyl sites for hydroxylation is 1. The van der Waals surface area contributed by atoms with Crippen molar-refractivity contribution in [3.63, 3.8) is 0 Å². The molecule has 0 spiro atoms. The molecular weight excluding hydrogens is 290 g/mol. The van der Waals surface area contributed by atoms with E-state index in [4.69, 9.17) is 0 Å². The van der Waals surface area contributed by atoms with E-state index in [1.165, 1.54) is 0 Å². The van der Waals surface area contributed by atoms with Crippen molar-refractivity contribution >= 4 is 27.0 Å². The largest absolute Gasteiger partial charge is 0.356 e. The van der Waals surface area contributed by atoms with Crippen molar-refractivity contribution in [3.8, 4) is 0 Å². The SMILES string of the molecule is Cn1c(NCCCN2CCCS2(=O)=O)nc2cnccc21. The second-order valence-electron chi connectivity index (χ2n) is 5.21. The fourth-order valence-electron chi connectivity index (χ4n) is 2.61. The van der Waals surface area contributed by atoms with Gasteiger partial charge < -0.3 is 9.88 Å². The highest BCUT2D eigenvalue weighted by atomic mass is 32.2. The monoisotopic (exact) mass is 309 g/mol. The van der Waals surface area contributed by atoms with E-state index in [-0.39, 0.29) is 5.75 Å². The summed E-state index contributed by atoms with van der Waals surface area (Å²) in [6.07, 6.45) is 4.98. The summed E-state index contributed by atoms with van der Waals surface area (Å²) < 4.78 is 26.9. The smallest absolute Gasteiger partial charge is 0.214 e. The molecule has 2 aromatic heterocycles. The number of fused-ring (bicyclic) bond motifs is 1. The molecule has 0 unspecified atom stereocenters. The highest BCUT2D eigenvalue weighted by molar-refractivity contribution is 7.89. The minimum absolute atomic E-state index is 0.290. The van der Waals surface area contributed by atoms with Crippen LogP contribution in [-0.2, 0) is 17.1 Å². The molecule has 0 aromatic carbocycles. The Morgan fingerprint density at radius 3 is 3.00 bits per heavy atom. The van der Waals surface area contributed by atoms with Gasteiger partial charge in [-0.05, 0) is 18.9 Å². The second kappa shape index (κ2) is 5.61. The topological polar surface area (TPSA) is 80.1 Å². The minimum Gasteiger partial charge on any atom is -0.356 e. The van der Waals surface area contributed by atoms with E-state index < -0.39 is 10.0 Å². The maximum Gasteiger partial charge on any atom is 0.214 e. The summed E-state index contributed by atoms with van der Waals surface area (Å²) in [5.41, 5.74) is 1.87. The van der Waals surface area contributed by atoms with Gasteiger partial charge in [0.05, 0.1) is 17.5 Å². The fourth-order valence-corrected chi connectivity index (χ4v) is 4.17. The Bertz CT molecular complexity index is 740. The Balaban J connectivity index is 1.56. The van der Waals surface area contributed by atoms with Crippen molar-refractivity contribution in [3.05, 3.63) is 18.5 Å². The third-order valence-electron chi connectivity index (χ3n) is 3.75. The van der Waals surface area contributed by atoms with E-state index in [1.807, 2.05) is 17.7 Å². The summed E-state index contributed by atoms with van der Waals surface area (Å²) in [6, 6.07) is 1.92. The quantitative estimate of drug-likeness (QED) is 0.827. The van der Waals surface area contributed by atoms with Gasteiger partial charge >= 0.3 is 0 Å². The molecule has 0 aliphatic carbocycles. The average molecular weight is 309 g/mol. The molecule has 1 fully saturated rings. The Morgan fingerprint density at radius 2 is 2.29 bits per heavy atom. The highest BCUT2D eigenvalue weighted by Crippen LogP contribution is 2.17. The van der Waals surface area contributed by atoms with Crippen LogP contribution in [0.5, 0.6) is 0 Å². The van der Waals surface area contributed by atoms with Gasteiger partial charge in [0, 0.05) is 32.9 Å². The number of nitrogens with zero attached hydrogens (tertiary/aromatic N) is 4. The number of anilines is 1. The summed E-state index contributed by atoms with van der Waals surface area (Å²) in [5.74, 6) is 1.07. The lowest BCUT2D eigenvalue weighted by Crippen LogP contribution is -2.28. The molecule has 0 amide bonds. The summed E-state index contributed by atoms with van der Waals surface area (Å²) in [4.78, 5) is 8.52. The van der Waals surface area contributed by atoms with Gasteiger partial charge in [0.25, 0.3) is 0 Å². The van der Waals surface area contributed by atoms with Crippen LogP contribution in [0.2, 0.25) is 0 Å². The first kappa shape index (κ1) is 14.3. The van der Waals surface area contributed by atoms with Crippen LogP contribution in [0.3, 0.4) is 0 Å². The predicted molar refractivity (Wildman–Crippen MR) is 81.6 cm³/mol. The molecule has 1 aliphatic rings. The molecule has 3 heterocycles. The number of sulfonamides is 1. The molecule has 2 aromatic rings. The fraction of sp³-hybridized carbons (Fsp3) is 0.538. The molecule has 1 N–H and O–H groups in total. The maximum atomic E-state index is 11.7. The summed E-state index contributed by atoms with van der Waals surface area (Å²) >= 11 is 0. The zero-order valence-corrected chi connectivity index (χ0v) is 12.8. The van der Waals surface area contributed by atoms with Gasteiger partial charge in [0.15, 0.2) is 0 Å².